The lowest BCUT2D eigenvalue weighted by Gasteiger charge is -2.39. The number of halogens is 1. The third-order valence-corrected chi connectivity index (χ3v) is 3.52. The van der Waals surface area contributed by atoms with Crippen LogP contribution in [0.25, 0.3) is 0 Å². The van der Waals surface area contributed by atoms with Gasteiger partial charge in [0.1, 0.15) is 5.82 Å². The van der Waals surface area contributed by atoms with Gasteiger partial charge in [-0.2, -0.15) is 11.8 Å². The summed E-state index contributed by atoms with van der Waals surface area (Å²) in [6.45, 7) is 1.01. The Kier molecular flexibility index (Phi) is 3.08. The first kappa shape index (κ1) is 9.99. The smallest absolute Gasteiger partial charge is 0.123 e. The van der Waals surface area contributed by atoms with Crippen LogP contribution in [0.15, 0.2) is 24.3 Å². The van der Waals surface area contributed by atoms with E-state index in [4.69, 9.17) is 0 Å². The van der Waals surface area contributed by atoms with Gasteiger partial charge in [-0.25, -0.2) is 4.39 Å². The summed E-state index contributed by atoms with van der Waals surface area (Å²) in [4.78, 5) is 2.09. The molecule has 0 aliphatic carbocycles. The van der Waals surface area contributed by atoms with Gasteiger partial charge in [0.05, 0.1) is 0 Å². The molecular weight excluding hydrogens is 197 g/mol. The Labute approximate surface area is 88.3 Å². The van der Waals surface area contributed by atoms with Gasteiger partial charge in [-0.1, -0.05) is 12.1 Å². The largest absolute Gasteiger partial charge is 0.452 e. The topological polar surface area (TPSA) is 3.24 Å². The maximum Gasteiger partial charge on any atom is 0.123 e. The van der Waals surface area contributed by atoms with Crippen molar-refractivity contribution < 1.29 is 4.39 Å². The van der Waals surface area contributed by atoms with Crippen molar-refractivity contribution in [3.8, 4) is 0 Å². The van der Waals surface area contributed by atoms with Gasteiger partial charge in [0.2, 0.25) is 0 Å². The molecule has 1 aliphatic rings. The van der Waals surface area contributed by atoms with E-state index in [0.29, 0.717) is 6.04 Å². The van der Waals surface area contributed by atoms with Crippen molar-refractivity contribution in [2.45, 2.75) is 6.04 Å². The van der Waals surface area contributed by atoms with E-state index in [2.05, 4.69) is 11.9 Å². The molecule has 1 atom stereocenters. The van der Waals surface area contributed by atoms with Gasteiger partial charge in [-0.15, -0.1) is 0 Å². The van der Waals surface area contributed by atoms with Crippen molar-refractivity contribution in [2.75, 3.05) is 18.1 Å². The van der Waals surface area contributed by atoms with E-state index >= 15 is 0 Å². The van der Waals surface area contributed by atoms with Gasteiger partial charge in [0.15, 0.2) is 0 Å². The third-order valence-electron chi connectivity index (χ3n) is 2.49. The van der Waals surface area contributed by atoms with Crippen LogP contribution in [0.4, 0.5) is 4.39 Å². The van der Waals surface area contributed by atoms with Crippen LogP contribution < -0.4 is 0 Å². The molecule has 0 spiro atoms. The Morgan fingerprint density at radius 1 is 1.36 bits per heavy atom. The Bertz CT molecular complexity index is 299. The average molecular weight is 210 g/mol. The van der Waals surface area contributed by atoms with Crippen molar-refractivity contribution >= 4 is 11.8 Å². The van der Waals surface area contributed by atoms with Gasteiger partial charge < -0.3 is 4.90 Å². The van der Waals surface area contributed by atoms with Crippen molar-refractivity contribution in [1.82, 2.24) is 4.90 Å². The number of rotatable bonds is 1. The maximum atomic E-state index is 12.7. The molecule has 0 bridgehead atoms. The predicted molar refractivity (Wildman–Crippen MR) is 58.5 cm³/mol. The van der Waals surface area contributed by atoms with Crippen LogP contribution in [0.3, 0.4) is 0 Å². The zero-order valence-electron chi connectivity index (χ0n) is 7.95. The van der Waals surface area contributed by atoms with E-state index in [-0.39, 0.29) is 5.82 Å². The van der Waals surface area contributed by atoms with Crippen molar-refractivity contribution in [3.63, 3.8) is 0 Å². The summed E-state index contributed by atoms with van der Waals surface area (Å²) in [5.41, 5.74) is 1.16. The van der Waals surface area contributed by atoms with Crippen molar-refractivity contribution in [2.24, 2.45) is 0 Å². The molecule has 1 aromatic rings. The normalized spacial score (nSPS) is 23.7. The zero-order valence-corrected chi connectivity index (χ0v) is 8.77. The molecule has 3 heteroatoms. The summed E-state index contributed by atoms with van der Waals surface area (Å²) in [5.74, 6) is 2.02. The molecule has 1 aromatic carbocycles. The monoisotopic (exact) mass is 210 g/mol. The van der Waals surface area contributed by atoms with Crippen molar-refractivity contribution in [3.05, 3.63) is 42.7 Å². The highest BCUT2D eigenvalue weighted by Crippen LogP contribution is 2.28. The molecule has 0 saturated carbocycles. The summed E-state index contributed by atoms with van der Waals surface area (Å²) in [6.07, 6.45) is 0. The molecular formula is C11H13FNS-. The van der Waals surface area contributed by atoms with Crippen LogP contribution in [-0.4, -0.2) is 23.0 Å². The second-order valence-electron chi connectivity index (χ2n) is 3.45. The number of benzene rings is 1. The van der Waals surface area contributed by atoms with Gasteiger partial charge in [0, 0.05) is 17.5 Å². The summed E-state index contributed by atoms with van der Waals surface area (Å²) in [5, 5.41) is 0. The second kappa shape index (κ2) is 4.32. The zero-order chi connectivity index (χ0) is 9.97. The highest BCUT2D eigenvalue weighted by Gasteiger charge is 2.16. The SMILES string of the molecule is [CH2-]N1CCSCC1c1ccc(F)cc1. The predicted octanol–water partition coefficient (Wildman–Crippen LogP) is 2.71. The first-order valence-electron chi connectivity index (χ1n) is 4.68. The van der Waals surface area contributed by atoms with Crippen LogP contribution in [0, 0.1) is 12.9 Å². The van der Waals surface area contributed by atoms with Gasteiger partial charge in [0.25, 0.3) is 0 Å². The molecule has 1 saturated heterocycles. The molecule has 1 unspecified atom stereocenters. The highest BCUT2D eigenvalue weighted by atomic mass is 32.2. The highest BCUT2D eigenvalue weighted by molar-refractivity contribution is 7.99. The number of hydrogen-bond acceptors (Lipinski definition) is 2. The Morgan fingerprint density at radius 2 is 2.07 bits per heavy atom. The fraction of sp³-hybridized carbons (Fsp3) is 0.364. The van der Waals surface area contributed by atoms with Crippen LogP contribution >= 0.6 is 11.8 Å². The Hall–Kier alpha value is -0.540. The van der Waals surface area contributed by atoms with E-state index in [1.807, 2.05) is 23.9 Å². The quantitative estimate of drug-likeness (QED) is 0.656. The summed E-state index contributed by atoms with van der Waals surface area (Å²) in [7, 11) is 4.00. The van der Waals surface area contributed by atoms with E-state index in [1.165, 1.54) is 12.1 Å². The van der Waals surface area contributed by atoms with Gasteiger partial charge in [-0.05, 0) is 24.2 Å². The lowest BCUT2D eigenvalue weighted by atomic mass is 10.1. The van der Waals surface area contributed by atoms with Crippen LogP contribution in [-0.2, 0) is 0 Å². The molecule has 1 aliphatic heterocycles. The van der Waals surface area contributed by atoms with Gasteiger partial charge in [-0.3, -0.25) is 7.05 Å². The molecule has 1 fully saturated rings. The van der Waals surface area contributed by atoms with Gasteiger partial charge >= 0.3 is 0 Å². The second-order valence-corrected chi connectivity index (χ2v) is 4.60. The first-order chi connectivity index (χ1) is 6.77. The van der Waals surface area contributed by atoms with Crippen LogP contribution in [0.1, 0.15) is 11.6 Å². The maximum absolute atomic E-state index is 12.7. The Balaban J connectivity index is 2.16. The van der Waals surface area contributed by atoms with E-state index in [0.717, 1.165) is 23.6 Å². The number of thioether (sulfide) groups is 1. The average Bonchev–Trinajstić information content (AvgIpc) is 2.20. The van der Waals surface area contributed by atoms with E-state index < -0.39 is 0 Å². The number of hydrogen-bond donors (Lipinski definition) is 0. The van der Waals surface area contributed by atoms with E-state index in [9.17, 15) is 4.39 Å². The lowest BCUT2D eigenvalue weighted by Crippen LogP contribution is -2.30. The molecule has 0 N–H and O–H groups in total. The summed E-state index contributed by atoms with van der Waals surface area (Å²) in [6, 6.07) is 7.08. The molecule has 2 rings (SSSR count). The molecule has 0 radical (unpaired) electrons. The molecule has 76 valence electrons. The fourth-order valence-corrected chi connectivity index (χ4v) is 2.79. The molecule has 1 nitrogen and oxygen atoms in total. The lowest BCUT2D eigenvalue weighted by molar-refractivity contribution is 0.307. The molecule has 14 heavy (non-hydrogen) atoms. The summed E-state index contributed by atoms with van der Waals surface area (Å²) < 4.78 is 12.7. The Morgan fingerprint density at radius 3 is 2.71 bits per heavy atom. The summed E-state index contributed by atoms with van der Waals surface area (Å²) >= 11 is 1.93. The number of nitrogens with zero attached hydrogens (tertiary/aromatic N) is 1. The minimum absolute atomic E-state index is 0.173. The first-order valence-corrected chi connectivity index (χ1v) is 5.83. The van der Waals surface area contributed by atoms with Crippen LogP contribution in [0.2, 0.25) is 0 Å². The van der Waals surface area contributed by atoms with E-state index in [1.54, 1.807) is 0 Å². The molecule has 1 heterocycles. The van der Waals surface area contributed by atoms with Crippen LogP contribution in [0.5, 0.6) is 0 Å². The minimum atomic E-state index is -0.173. The minimum Gasteiger partial charge on any atom is -0.452 e. The molecule has 0 aromatic heterocycles. The third kappa shape index (κ3) is 2.10. The standard InChI is InChI=1S/C11H13FNS/c1-13-6-7-14-8-11(13)9-2-4-10(12)5-3-9/h2-5,11H,1,6-8H2/q-1. The fourth-order valence-electron chi connectivity index (χ4n) is 1.63. The van der Waals surface area contributed by atoms with Crippen molar-refractivity contribution in [1.29, 1.82) is 0 Å². The molecule has 0 amide bonds.